The molecule has 86 valence electrons. The van der Waals surface area contributed by atoms with Gasteiger partial charge in [0.15, 0.2) is 0 Å². The van der Waals surface area contributed by atoms with Gasteiger partial charge in [0.25, 0.3) is 0 Å². The van der Waals surface area contributed by atoms with Crippen LogP contribution in [0.5, 0.6) is 0 Å². The largest absolute Gasteiger partial charge is 0.222 e. The lowest BCUT2D eigenvalue weighted by Crippen LogP contribution is -1.95. The highest BCUT2D eigenvalue weighted by Gasteiger charge is 2.05. The summed E-state index contributed by atoms with van der Waals surface area (Å²) in [5, 5.41) is 4.63. The Bertz CT molecular complexity index is 449. The van der Waals surface area contributed by atoms with E-state index in [9.17, 15) is 4.39 Å². The van der Waals surface area contributed by atoms with E-state index in [1.165, 1.54) is 12.1 Å². The highest BCUT2D eigenvalue weighted by Crippen LogP contribution is 2.19. The zero-order chi connectivity index (χ0) is 12.1. The average Bonchev–Trinajstić information content (AvgIpc) is 2.64. The van der Waals surface area contributed by atoms with Crippen molar-refractivity contribution in [1.29, 1.82) is 0 Å². The number of benzene rings is 1. The van der Waals surface area contributed by atoms with E-state index in [0.29, 0.717) is 5.15 Å². The molecule has 1 aromatic carbocycles. The number of aryl methyl sites for hydroxylation is 1. The van der Waals surface area contributed by atoms with E-state index < -0.39 is 0 Å². The summed E-state index contributed by atoms with van der Waals surface area (Å²) in [7, 11) is 0. The molecule has 0 radical (unpaired) electrons. The molecule has 2 aromatic rings. The molecule has 0 aliphatic heterocycles. The molecule has 0 saturated carbocycles. The van der Waals surface area contributed by atoms with E-state index in [4.69, 9.17) is 11.6 Å². The van der Waals surface area contributed by atoms with Crippen LogP contribution in [0.15, 0.2) is 30.5 Å². The van der Waals surface area contributed by atoms with Gasteiger partial charge in [-0.1, -0.05) is 25.4 Å². The zero-order valence-corrected chi connectivity index (χ0v) is 10.3. The average molecular weight is 241 g/mol. The van der Waals surface area contributed by atoms with Gasteiger partial charge in [0, 0.05) is 5.56 Å². The quantitative estimate of drug-likeness (QED) is 0.737. The first-order valence-corrected chi connectivity index (χ1v) is 5.52. The van der Waals surface area contributed by atoms with Gasteiger partial charge in [-0.15, -0.1) is 0 Å². The van der Waals surface area contributed by atoms with Crippen molar-refractivity contribution < 1.29 is 4.39 Å². The summed E-state index contributed by atoms with van der Waals surface area (Å²) < 4.78 is 14.2. The zero-order valence-electron chi connectivity index (χ0n) is 9.54. The van der Waals surface area contributed by atoms with Crippen LogP contribution in [0.25, 0.3) is 5.69 Å². The molecule has 0 amide bonds. The molecule has 0 unspecified atom stereocenters. The minimum absolute atomic E-state index is 0.270. The Labute approximate surface area is 99.7 Å². The van der Waals surface area contributed by atoms with Crippen LogP contribution >= 0.6 is 11.6 Å². The third-order valence-electron chi connectivity index (χ3n) is 1.95. The van der Waals surface area contributed by atoms with Crippen molar-refractivity contribution in [3.05, 3.63) is 47.0 Å². The van der Waals surface area contributed by atoms with Crippen molar-refractivity contribution in [1.82, 2.24) is 9.78 Å². The fourth-order valence-electron chi connectivity index (χ4n) is 1.18. The van der Waals surface area contributed by atoms with Crippen molar-refractivity contribution in [2.24, 2.45) is 0 Å². The van der Waals surface area contributed by atoms with Crippen LogP contribution in [0.2, 0.25) is 5.15 Å². The molecular weight excluding hydrogens is 227 g/mol. The molecule has 4 heteroatoms. The van der Waals surface area contributed by atoms with E-state index in [2.05, 4.69) is 5.10 Å². The van der Waals surface area contributed by atoms with Gasteiger partial charge < -0.3 is 0 Å². The Morgan fingerprint density at radius 1 is 1.19 bits per heavy atom. The standard InChI is InChI=1S/C10H8ClFN2.C2H6/c1-7-6-13-14(10(7)11)9-4-2-8(12)3-5-9;1-2/h2-6H,1H3;1-2H3. The van der Waals surface area contributed by atoms with Crippen LogP contribution in [0.3, 0.4) is 0 Å². The van der Waals surface area contributed by atoms with Gasteiger partial charge in [0.05, 0.1) is 11.9 Å². The van der Waals surface area contributed by atoms with Crippen molar-refractivity contribution in [2.45, 2.75) is 20.8 Å². The summed E-state index contributed by atoms with van der Waals surface area (Å²) in [4.78, 5) is 0. The van der Waals surface area contributed by atoms with E-state index in [-0.39, 0.29) is 5.82 Å². The summed E-state index contributed by atoms with van der Waals surface area (Å²) in [5.41, 5.74) is 1.65. The molecular formula is C12H14ClFN2. The SMILES string of the molecule is CC.Cc1cnn(-c2ccc(F)cc2)c1Cl. The summed E-state index contributed by atoms with van der Waals surface area (Å²) >= 11 is 5.99. The minimum atomic E-state index is -0.270. The molecule has 0 spiro atoms. The third kappa shape index (κ3) is 2.61. The second-order valence-electron chi connectivity index (χ2n) is 3.01. The van der Waals surface area contributed by atoms with Crippen LogP contribution in [0.1, 0.15) is 19.4 Å². The fraction of sp³-hybridized carbons (Fsp3) is 0.250. The number of nitrogens with zero attached hydrogens (tertiary/aromatic N) is 2. The lowest BCUT2D eigenvalue weighted by molar-refractivity contribution is 0.627. The number of hydrogen-bond acceptors (Lipinski definition) is 1. The first-order chi connectivity index (χ1) is 7.68. The molecule has 0 N–H and O–H groups in total. The smallest absolute Gasteiger partial charge is 0.135 e. The molecule has 0 fully saturated rings. The monoisotopic (exact) mass is 240 g/mol. The third-order valence-corrected chi connectivity index (χ3v) is 2.41. The van der Waals surface area contributed by atoms with Gasteiger partial charge in [-0.25, -0.2) is 9.07 Å². The summed E-state index contributed by atoms with van der Waals surface area (Å²) in [6.45, 7) is 5.87. The molecule has 1 aromatic heterocycles. The maximum absolute atomic E-state index is 12.6. The van der Waals surface area contributed by atoms with Crippen molar-refractivity contribution in [3.63, 3.8) is 0 Å². The van der Waals surface area contributed by atoms with Crippen LogP contribution in [0, 0.1) is 12.7 Å². The van der Waals surface area contributed by atoms with Crippen molar-refractivity contribution >= 4 is 11.6 Å². The molecule has 0 aliphatic rings. The minimum Gasteiger partial charge on any atom is -0.222 e. The molecule has 1 heterocycles. The Balaban J connectivity index is 0.000000606. The maximum atomic E-state index is 12.6. The van der Waals surface area contributed by atoms with E-state index in [1.54, 1.807) is 23.0 Å². The van der Waals surface area contributed by atoms with Gasteiger partial charge in [-0.05, 0) is 31.2 Å². The van der Waals surface area contributed by atoms with Crippen LogP contribution in [-0.4, -0.2) is 9.78 Å². The van der Waals surface area contributed by atoms with Crippen LogP contribution in [0.4, 0.5) is 4.39 Å². The summed E-state index contributed by atoms with van der Waals surface area (Å²) in [5.74, 6) is -0.270. The summed E-state index contributed by atoms with van der Waals surface area (Å²) in [6, 6.07) is 6.02. The van der Waals surface area contributed by atoms with Crippen LogP contribution < -0.4 is 0 Å². The number of rotatable bonds is 1. The second-order valence-corrected chi connectivity index (χ2v) is 3.36. The number of hydrogen-bond donors (Lipinski definition) is 0. The first kappa shape index (κ1) is 12.7. The molecule has 0 aliphatic carbocycles. The van der Waals surface area contributed by atoms with E-state index >= 15 is 0 Å². The molecule has 0 bridgehead atoms. The Hall–Kier alpha value is -1.35. The van der Waals surface area contributed by atoms with E-state index in [1.807, 2.05) is 20.8 Å². The number of aromatic nitrogens is 2. The van der Waals surface area contributed by atoms with Gasteiger partial charge in [-0.2, -0.15) is 5.10 Å². The number of halogens is 2. The fourth-order valence-corrected chi connectivity index (χ4v) is 1.37. The van der Waals surface area contributed by atoms with Gasteiger partial charge in [0.2, 0.25) is 0 Å². The maximum Gasteiger partial charge on any atom is 0.135 e. The highest BCUT2D eigenvalue weighted by molar-refractivity contribution is 6.30. The lowest BCUT2D eigenvalue weighted by atomic mass is 10.3. The molecule has 2 rings (SSSR count). The molecule has 2 nitrogen and oxygen atoms in total. The molecule has 0 saturated heterocycles. The normalized spacial score (nSPS) is 9.56. The Kier molecular flexibility index (Phi) is 4.50. The van der Waals surface area contributed by atoms with Crippen molar-refractivity contribution in [3.8, 4) is 5.69 Å². The molecule has 0 atom stereocenters. The van der Waals surface area contributed by atoms with Gasteiger partial charge in [-0.3, -0.25) is 0 Å². The van der Waals surface area contributed by atoms with Crippen molar-refractivity contribution in [2.75, 3.05) is 0 Å². The highest BCUT2D eigenvalue weighted by atomic mass is 35.5. The van der Waals surface area contributed by atoms with E-state index in [0.717, 1.165) is 11.3 Å². The molecule has 16 heavy (non-hydrogen) atoms. The summed E-state index contributed by atoms with van der Waals surface area (Å²) in [6.07, 6.45) is 1.67. The Morgan fingerprint density at radius 3 is 2.19 bits per heavy atom. The predicted molar refractivity (Wildman–Crippen MR) is 64.6 cm³/mol. The van der Waals surface area contributed by atoms with Gasteiger partial charge in [0.1, 0.15) is 11.0 Å². The Morgan fingerprint density at radius 2 is 1.75 bits per heavy atom. The topological polar surface area (TPSA) is 17.8 Å². The second kappa shape index (κ2) is 5.66. The predicted octanol–water partition coefficient (Wildman–Crippen LogP) is 4.00. The van der Waals surface area contributed by atoms with Gasteiger partial charge >= 0.3 is 0 Å². The first-order valence-electron chi connectivity index (χ1n) is 5.14. The lowest BCUT2D eigenvalue weighted by Gasteiger charge is -2.02. The van der Waals surface area contributed by atoms with Crippen LogP contribution in [-0.2, 0) is 0 Å².